The van der Waals surface area contributed by atoms with Gasteiger partial charge in [0.2, 0.25) is 17.7 Å². The first-order valence-electron chi connectivity index (χ1n) is 8.67. The number of carbonyl (C=O) groups excluding carboxylic acids is 3. The van der Waals surface area contributed by atoms with Crippen LogP contribution in [0.4, 0.5) is 17.1 Å². The number of carbonyl (C=O) groups is 3. The van der Waals surface area contributed by atoms with Crippen molar-refractivity contribution in [3.63, 3.8) is 0 Å². The lowest BCUT2D eigenvalue weighted by Gasteiger charge is -2.23. The Morgan fingerprint density at radius 3 is 2.04 bits per heavy atom. The molecule has 0 aliphatic rings. The molecule has 3 N–H and O–H groups in total. The summed E-state index contributed by atoms with van der Waals surface area (Å²) in [5.41, 5.74) is 2.41. The Bertz CT molecular complexity index is 888. The average molecular weight is 367 g/mol. The molecule has 6 heteroatoms. The minimum atomic E-state index is -1.29. The van der Waals surface area contributed by atoms with Crippen LogP contribution in [0.3, 0.4) is 0 Å². The van der Waals surface area contributed by atoms with Crippen LogP contribution >= 0.6 is 0 Å². The average Bonchev–Trinajstić information content (AvgIpc) is 2.57. The van der Waals surface area contributed by atoms with E-state index < -0.39 is 17.2 Å². The van der Waals surface area contributed by atoms with E-state index in [1.54, 1.807) is 38.1 Å². The van der Waals surface area contributed by atoms with Gasteiger partial charge in [0.05, 0.1) is 0 Å². The zero-order valence-electron chi connectivity index (χ0n) is 16.3. The van der Waals surface area contributed by atoms with Crippen LogP contribution in [0.5, 0.6) is 0 Å². The van der Waals surface area contributed by atoms with Crippen molar-refractivity contribution in [3.8, 4) is 0 Å². The van der Waals surface area contributed by atoms with Crippen molar-refractivity contribution in [2.45, 2.75) is 34.6 Å². The van der Waals surface area contributed by atoms with Gasteiger partial charge in [-0.2, -0.15) is 0 Å². The molecule has 27 heavy (non-hydrogen) atoms. The third-order valence-electron chi connectivity index (χ3n) is 4.22. The van der Waals surface area contributed by atoms with Gasteiger partial charge in [-0.15, -0.1) is 0 Å². The van der Waals surface area contributed by atoms with Gasteiger partial charge in [-0.1, -0.05) is 18.2 Å². The van der Waals surface area contributed by atoms with Gasteiger partial charge in [0, 0.05) is 24.0 Å². The Hall–Kier alpha value is -3.15. The van der Waals surface area contributed by atoms with Crippen molar-refractivity contribution in [2.75, 3.05) is 16.0 Å². The van der Waals surface area contributed by atoms with Gasteiger partial charge in [0.1, 0.15) is 5.41 Å². The first kappa shape index (κ1) is 20.2. The number of amides is 3. The second kappa shape index (κ2) is 8.03. The molecule has 0 saturated heterocycles. The van der Waals surface area contributed by atoms with Crippen LogP contribution in [0.2, 0.25) is 0 Å². The summed E-state index contributed by atoms with van der Waals surface area (Å²) in [6, 6.07) is 12.5. The molecule has 0 unspecified atom stereocenters. The molecule has 2 aromatic rings. The lowest BCUT2D eigenvalue weighted by atomic mass is 9.90. The highest BCUT2D eigenvalue weighted by Crippen LogP contribution is 2.24. The normalized spacial score (nSPS) is 10.9. The van der Waals surface area contributed by atoms with Crippen LogP contribution in [0.25, 0.3) is 0 Å². The van der Waals surface area contributed by atoms with E-state index in [0.717, 1.165) is 11.1 Å². The number of hydrogen-bond acceptors (Lipinski definition) is 3. The van der Waals surface area contributed by atoms with E-state index in [0.29, 0.717) is 17.1 Å². The molecular weight excluding hydrogens is 342 g/mol. The van der Waals surface area contributed by atoms with Crippen LogP contribution in [0.1, 0.15) is 31.9 Å². The third-order valence-corrected chi connectivity index (χ3v) is 4.22. The lowest BCUT2D eigenvalue weighted by molar-refractivity contribution is -0.135. The maximum absolute atomic E-state index is 12.7. The number of hydrogen-bond donors (Lipinski definition) is 3. The van der Waals surface area contributed by atoms with Crippen molar-refractivity contribution < 1.29 is 14.4 Å². The molecule has 2 aromatic carbocycles. The second-order valence-electron chi connectivity index (χ2n) is 7.11. The van der Waals surface area contributed by atoms with Gasteiger partial charge in [0.25, 0.3) is 0 Å². The number of rotatable bonds is 5. The molecule has 2 rings (SSSR count). The molecule has 0 atom stereocenters. The summed E-state index contributed by atoms with van der Waals surface area (Å²) >= 11 is 0. The van der Waals surface area contributed by atoms with Crippen molar-refractivity contribution in [2.24, 2.45) is 5.41 Å². The molecule has 0 radical (unpaired) electrons. The standard InChI is InChI=1S/C21H25N3O3/c1-13-9-10-14(2)18(11-13)24-20(27)21(4,5)19(26)23-17-8-6-7-16(12-17)22-15(3)25/h6-12H,1-5H3,(H,22,25)(H,23,26)(H,24,27). The summed E-state index contributed by atoms with van der Waals surface area (Å²) in [5.74, 6) is -1.04. The van der Waals surface area contributed by atoms with Crippen LogP contribution in [-0.4, -0.2) is 17.7 Å². The fraction of sp³-hybridized carbons (Fsp3) is 0.286. The number of benzene rings is 2. The highest BCUT2D eigenvalue weighted by atomic mass is 16.2. The molecule has 0 aromatic heterocycles. The number of nitrogens with one attached hydrogen (secondary N) is 3. The Labute approximate surface area is 159 Å². The highest BCUT2D eigenvalue weighted by molar-refractivity contribution is 6.14. The summed E-state index contributed by atoms with van der Waals surface area (Å²) in [6.07, 6.45) is 0. The van der Waals surface area contributed by atoms with Gasteiger partial charge in [-0.3, -0.25) is 14.4 Å². The summed E-state index contributed by atoms with van der Waals surface area (Å²) in [4.78, 5) is 36.6. The molecule has 0 bridgehead atoms. The number of anilines is 3. The first-order valence-corrected chi connectivity index (χ1v) is 8.67. The Morgan fingerprint density at radius 2 is 1.41 bits per heavy atom. The van der Waals surface area contributed by atoms with E-state index in [4.69, 9.17) is 0 Å². The summed E-state index contributed by atoms with van der Waals surface area (Å²) in [7, 11) is 0. The SMILES string of the molecule is CC(=O)Nc1cccc(NC(=O)C(C)(C)C(=O)Nc2cc(C)ccc2C)c1. The van der Waals surface area contributed by atoms with Gasteiger partial charge in [-0.25, -0.2) is 0 Å². The minimum absolute atomic E-state index is 0.202. The summed E-state index contributed by atoms with van der Waals surface area (Å²) < 4.78 is 0. The van der Waals surface area contributed by atoms with Crippen molar-refractivity contribution in [1.82, 2.24) is 0 Å². The topological polar surface area (TPSA) is 87.3 Å². The largest absolute Gasteiger partial charge is 0.326 e. The molecular formula is C21H25N3O3. The molecule has 142 valence electrons. The van der Waals surface area contributed by atoms with E-state index >= 15 is 0 Å². The monoisotopic (exact) mass is 367 g/mol. The van der Waals surface area contributed by atoms with E-state index in [2.05, 4.69) is 16.0 Å². The van der Waals surface area contributed by atoms with Crippen LogP contribution in [-0.2, 0) is 14.4 Å². The molecule has 6 nitrogen and oxygen atoms in total. The zero-order valence-corrected chi connectivity index (χ0v) is 16.3. The van der Waals surface area contributed by atoms with E-state index in [1.165, 1.54) is 6.92 Å². The molecule has 0 aliphatic carbocycles. The van der Waals surface area contributed by atoms with Crippen LogP contribution in [0, 0.1) is 19.3 Å². The van der Waals surface area contributed by atoms with E-state index in [9.17, 15) is 14.4 Å². The lowest BCUT2D eigenvalue weighted by Crippen LogP contribution is -2.41. The fourth-order valence-corrected chi connectivity index (χ4v) is 2.42. The molecule has 0 aliphatic heterocycles. The summed E-state index contributed by atoms with van der Waals surface area (Å²) in [5, 5.41) is 8.23. The Kier molecular flexibility index (Phi) is 6.00. The minimum Gasteiger partial charge on any atom is -0.326 e. The van der Waals surface area contributed by atoms with Gasteiger partial charge >= 0.3 is 0 Å². The zero-order chi connectivity index (χ0) is 20.2. The molecule has 0 fully saturated rings. The quantitative estimate of drug-likeness (QED) is 0.701. The molecule has 0 spiro atoms. The fourth-order valence-electron chi connectivity index (χ4n) is 2.42. The number of aryl methyl sites for hydroxylation is 2. The Morgan fingerprint density at radius 1 is 0.815 bits per heavy atom. The predicted molar refractivity (Wildman–Crippen MR) is 108 cm³/mol. The predicted octanol–water partition coefficient (Wildman–Crippen LogP) is 3.87. The van der Waals surface area contributed by atoms with Gasteiger partial charge in [0.15, 0.2) is 0 Å². The van der Waals surface area contributed by atoms with Gasteiger partial charge in [-0.05, 0) is 63.1 Å². The van der Waals surface area contributed by atoms with Crippen molar-refractivity contribution in [3.05, 3.63) is 53.6 Å². The van der Waals surface area contributed by atoms with Crippen LogP contribution < -0.4 is 16.0 Å². The van der Waals surface area contributed by atoms with Crippen LogP contribution in [0.15, 0.2) is 42.5 Å². The van der Waals surface area contributed by atoms with E-state index in [-0.39, 0.29) is 5.91 Å². The highest BCUT2D eigenvalue weighted by Gasteiger charge is 2.36. The Balaban J connectivity index is 2.13. The third kappa shape index (κ3) is 5.17. The summed E-state index contributed by atoms with van der Waals surface area (Å²) in [6.45, 7) is 8.39. The maximum Gasteiger partial charge on any atom is 0.239 e. The van der Waals surface area contributed by atoms with Crippen molar-refractivity contribution >= 4 is 34.8 Å². The van der Waals surface area contributed by atoms with Gasteiger partial charge < -0.3 is 16.0 Å². The van der Waals surface area contributed by atoms with Crippen molar-refractivity contribution in [1.29, 1.82) is 0 Å². The second-order valence-corrected chi connectivity index (χ2v) is 7.11. The molecule has 3 amide bonds. The van der Waals surface area contributed by atoms with E-state index in [1.807, 2.05) is 32.0 Å². The maximum atomic E-state index is 12.7. The molecule has 0 heterocycles. The molecule has 0 saturated carbocycles. The smallest absolute Gasteiger partial charge is 0.239 e. The first-order chi connectivity index (χ1) is 12.6.